The second-order valence-electron chi connectivity index (χ2n) is 6.71. The number of nitrogens with one attached hydrogen (secondary N) is 2. The molecule has 0 fully saturated rings. The Kier molecular flexibility index (Phi) is 4.90. The number of rotatable bonds is 5. The number of benzene rings is 1. The van der Waals surface area contributed by atoms with Crippen LogP contribution in [0.25, 0.3) is 0 Å². The summed E-state index contributed by atoms with van der Waals surface area (Å²) < 4.78 is 14.2. The van der Waals surface area contributed by atoms with Gasteiger partial charge in [-0.25, -0.2) is 9.37 Å². The van der Waals surface area contributed by atoms with Crippen LogP contribution in [0, 0.1) is 12.7 Å². The molecule has 2 N–H and O–H groups in total. The van der Waals surface area contributed by atoms with Crippen molar-refractivity contribution < 1.29 is 9.18 Å². The molecular formula is C21H19FN6O. The first-order valence-electron chi connectivity index (χ1n) is 9.04. The quantitative estimate of drug-likeness (QED) is 0.644. The van der Waals surface area contributed by atoms with Crippen LogP contribution in [0.2, 0.25) is 0 Å². The number of halogens is 1. The van der Waals surface area contributed by atoms with Gasteiger partial charge in [0.15, 0.2) is 11.6 Å². The fourth-order valence-corrected chi connectivity index (χ4v) is 3.08. The summed E-state index contributed by atoms with van der Waals surface area (Å²) in [7, 11) is 0. The number of carbonyl (C=O) groups is 1. The van der Waals surface area contributed by atoms with Gasteiger partial charge in [-0.1, -0.05) is 12.6 Å². The maximum atomic E-state index is 14.2. The van der Waals surface area contributed by atoms with E-state index in [0.717, 1.165) is 23.0 Å². The molecule has 7 nitrogen and oxygen atoms in total. The highest BCUT2D eigenvalue weighted by atomic mass is 19.1. The summed E-state index contributed by atoms with van der Waals surface area (Å²) in [6.45, 7) is 6.45. The lowest BCUT2D eigenvalue weighted by Gasteiger charge is -2.11. The van der Waals surface area contributed by atoms with Gasteiger partial charge in [-0.3, -0.25) is 9.78 Å². The number of amides is 1. The van der Waals surface area contributed by atoms with E-state index in [4.69, 9.17) is 0 Å². The van der Waals surface area contributed by atoms with Gasteiger partial charge in [-0.05, 0) is 48.4 Å². The Hall–Kier alpha value is -3.81. The van der Waals surface area contributed by atoms with Crippen molar-refractivity contribution in [1.82, 2.24) is 19.9 Å². The Bertz CT molecular complexity index is 1080. The minimum Gasteiger partial charge on any atom is -0.338 e. The first kappa shape index (κ1) is 18.5. The Morgan fingerprint density at radius 1 is 1.10 bits per heavy atom. The number of fused-ring (bicyclic) bond motifs is 1. The summed E-state index contributed by atoms with van der Waals surface area (Å²) >= 11 is 0. The molecule has 146 valence electrons. The summed E-state index contributed by atoms with van der Waals surface area (Å²) in [5.41, 5.74) is 4.34. The van der Waals surface area contributed by atoms with Crippen LogP contribution in [-0.2, 0) is 17.9 Å². The second-order valence-corrected chi connectivity index (χ2v) is 6.71. The monoisotopic (exact) mass is 390 g/mol. The van der Waals surface area contributed by atoms with Gasteiger partial charge >= 0.3 is 0 Å². The van der Waals surface area contributed by atoms with Crippen LogP contribution in [0.5, 0.6) is 0 Å². The molecule has 1 aliphatic rings. The Morgan fingerprint density at radius 2 is 1.90 bits per heavy atom. The number of carbonyl (C=O) groups excluding carboxylic acids is 1. The summed E-state index contributed by atoms with van der Waals surface area (Å²) in [5, 5.41) is 6.00. The maximum absolute atomic E-state index is 14.2. The zero-order valence-corrected chi connectivity index (χ0v) is 15.8. The molecule has 2 aromatic heterocycles. The normalized spacial score (nSPS) is 12.4. The third kappa shape index (κ3) is 4.06. The average molecular weight is 390 g/mol. The zero-order valence-electron chi connectivity index (χ0n) is 15.8. The van der Waals surface area contributed by atoms with Crippen molar-refractivity contribution in [3.63, 3.8) is 0 Å². The minimum atomic E-state index is -0.568. The van der Waals surface area contributed by atoms with Gasteiger partial charge in [-0.15, -0.1) is 0 Å². The molecule has 3 heterocycles. The molecule has 0 bridgehead atoms. The molecule has 29 heavy (non-hydrogen) atoms. The molecule has 0 saturated heterocycles. The number of pyridine rings is 1. The molecule has 0 unspecified atom stereocenters. The summed E-state index contributed by atoms with van der Waals surface area (Å²) in [6, 6.07) is 9.35. The van der Waals surface area contributed by atoms with E-state index >= 15 is 0 Å². The van der Waals surface area contributed by atoms with E-state index < -0.39 is 5.82 Å². The van der Waals surface area contributed by atoms with Crippen LogP contribution in [0.4, 0.5) is 27.5 Å². The molecule has 1 aliphatic heterocycles. The average Bonchev–Trinajstić information content (AvgIpc) is 3.15. The molecule has 1 aromatic carbocycles. The van der Waals surface area contributed by atoms with Gasteiger partial charge in [0.05, 0.1) is 18.1 Å². The van der Waals surface area contributed by atoms with Crippen LogP contribution in [0.3, 0.4) is 0 Å². The van der Waals surface area contributed by atoms with Crippen LogP contribution in [-0.4, -0.2) is 25.8 Å². The molecule has 0 spiro atoms. The van der Waals surface area contributed by atoms with E-state index in [1.165, 1.54) is 6.08 Å². The van der Waals surface area contributed by atoms with Crippen molar-refractivity contribution in [3.05, 3.63) is 78.0 Å². The van der Waals surface area contributed by atoms with E-state index in [1.807, 2.05) is 37.3 Å². The maximum Gasteiger partial charge on any atom is 0.246 e. The fourth-order valence-electron chi connectivity index (χ4n) is 3.08. The number of nitrogens with zero attached hydrogens (tertiary/aromatic N) is 4. The Morgan fingerprint density at radius 3 is 2.66 bits per heavy atom. The Labute approximate surface area is 167 Å². The number of aryl methyl sites for hydroxylation is 1. The number of anilines is 4. The number of aromatic nitrogens is 3. The summed E-state index contributed by atoms with van der Waals surface area (Å²) in [5.74, 6) is -0.372. The lowest BCUT2D eigenvalue weighted by atomic mass is 10.1. The van der Waals surface area contributed by atoms with Gasteiger partial charge in [-0.2, -0.15) is 4.98 Å². The van der Waals surface area contributed by atoms with E-state index in [-0.39, 0.29) is 17.7 Å². The van der Waals surface area contributed by atoms with Crippen molar-refractivity contribution >= 4 is 29.0 Å². The van der Waals surface area contributed by atoms with Crippen molar-refractivity contribution in [2.75, 3.05) is 10.6 Å². The van der Waals surface area contributed by atoms with Crippen molar-refractivity contribution in [3.8, 4) is 0 Å². The van der Waals surface area contributed by atoms with E-state index in [0.29, 0.717) is 24.5 Å². The largest absolute Gasteiger partial charge is 0.338 e. The SMILES string of the molecule is C=CC(=O)N1Cc2ccc(Nc3nc(Nc4ccc(C)nc4)ncc3F)cc2C1. The minimum absolute atomic E-state index is 0.0551. The molecule has 8 heteroatoms. The van der Waals surface area contributed by atoms with Crippen molar-refractivity contribution in [1.29, 1.82) is 0 Å². The topological polar surface area (TPSA) is 83.0 Å². The van der Waals surface area contributed by atoms with E-state index in [2.05, 4.69) is 32.2 Å². The van der Waals surface area contributed by atoms with Crippen LogP contribution < -0.4 is 10.6 Å². The van der Waals surface area contributed by atoms with Gasteiger partial charge in [0.25, 0.3) is 0 Å². The molecule has 1 amide bonds. The molecule has 0 atom stereocenters. The first-order valence-corrected chi connectivity index (χ1v) is 9.04. The number of hydrogen-bond donors (Lipinski definition) is 2. The van der Waals surface area contributed by atoms with E-state index in [9.17, 15) is 9.18 Å². The third-order valence-corrected chi connectivity index (χ3v) is 4.59. The molecule has 0 radical (unpaired) electrons. The molecule has 0 aliphatic carbocycles. The summed E-state index contributed by atoms with van der Waals surface area (Å²) in [6.07, 6.45) is 4.07. The Balaban J connectivity index is 1.52. The lowest BCUT2D eigenvalue weighted by molar-refractivity contribution is -0.126. The predicted molar refractivity (Wildman–Crippen MR) is 108 cm³/mol. The predicted octanol–water partition coefficient (Wildman–Crippen LogP) is 3.83. The van der Waals surface area contributed by atoms with Gasteiger partial charge < -0.3 is 15.5 Å². The second kappa shape index (κ2) is 7.67. The first-order chi connectivity index (χ1) is 14.0. The highest BCUT2D eigenvalue weighted by molar-refractivity contribution is 5.87. The van der Waals surface area contributed by atoms with Crippen molar-refractivity contribution in [2.45, 2.75) is 20.0 Å². The van der Waals surface area contributed by atoms with Crippen LogP contribution in [0.1, 0.15) is 16.8 Å². The number of hydrogen-bond acceptors (Lipinski definition) is 6. The lowest BCUT2D eigenvalue weighted by Crippen LogP contribution is -2.22. The molecule has 3 aromatic rings. The van der Waals surface area contributed by atoms with Crippen LogP contribution in [0.15, 0.2) is 55.4 Å². The van der Waals surface area contributed by atoms with Gasteiger partial charge in [0.1, 0.15) is 0 Å². The highest BCUT2D eigenvalue weighted by Crippen LogP contribution is 2.28. The highest BCUT2D eigenvalue weighted by Gasteiger charge is 2.22. The molecule has 4 rings (SSSR count). The molecular weight excluding hydrogens is 371 g/mol. The zero-order chi connectivity index (χ0) is 20.4. The van der Waals surface area contributed by atoms with E-state index in [1.54, 1.807) is 11.1 Å². The smallest absolute Gasteiger partial charge is 0.246 e. The fraction of sp³-hybridized carbons (Fsp3) is 0.143. The molecule has 0 saturated carbocycles. The van der Waals surface area contributed by atoms with Crippen LogP contribution >= 0.6 is 0 Å². The van der Waals surface area contributed by atoms with Crippen molar-refractivity contribution in [2.24, 2.45) is 0 Å². The summed E-state index contributed by atoms with van der Waals surface area (Å²) in [4.78, 5) is 25.9. The third-order valence-electron chi connectivity index (χ3n) is 4.59. The van der Waals surface area contributed by atoms with Gasteiger partial charge in [0, 0.05) is 24.5 Å². The van der Waals surface area contributed by atoms with Gasteiger partial charge in [0.2, 0.25) is 11.9 Å². The standard InChI is InChI=1S/C21H19FN6O/c1-3-19(29)28-11-14-5-7-16(8-15(14)12-28)25-20-18(22)10-24-21(27-20)26-17-6-4-13(2)23-9-17/h3-10H,1,11-12H2,2H3,(H2,24,25,26,27).